The molecule has 1 fully saturated rings. The van der Waals surface area contributed by atoms with Gasteiger partial charge in [-0.1, -0.05) is 0 Å². The minimum absolute atomic E-state index is 0.0889. The molecule has 1 amide bonds. The first-order valence-corrected chi connectivity index (χ1v) is 5.66. The summed E-state index contributed by atoms with van der Waals surface area (Å²) >= 11 is 0. The summed E-state index contributed by atoms with van der Waals surface area (Å²) in [6.07, 6.45) is 2.11. The summed E-state index contributed by atoms with van der Waals surface area (Å²) in [4.78, 5) is 22.7. The first-order valence-electron chi connectivity index (χ1n) is 5.66. The summed E-state index contributed by atoms with van der Waals surface area (Å²) < 4.78 is 5.06. The maximum Gasteiger partial charge on any atom is 0.319 e. The highest BCUT2D eigenvalue weighted by Gasteiger charge is 2.57. The van der Waals surface area contributed by atoms with Crippen LogP contribution < -0.4 is 5.32 Å². The third-order valence-corrected chi connectivity index (χ3v) is 3.24. The molecule has 1 aromatic rings. The van der Waals surface area contributed by atoms with Crippen LogP contribution in [0.25, 0.3) is 0 Å². The van der Waals surface area contributed by atoms with Crippen LogP contribution in [-0.4, -0.2) is 28.6 Å². The number of carboxylic acid groups (broad SMARTS) is 1. The first kappa shape index (κ1) is 12.6. The lowest BCUT2D eigenvalue weighted by Gasteiger charge is -2.22. The zero-order valence-electron chi connectivity index (χ0n) is 9.97. The quantitative estimate of drug-likeness (QED) is 0.662. The highest BCUT2D eigenvalue weighted by atomic mass is 16.4. The number of amides is 1. The van der Waals surface area contributed by atoms with Crippen LogP contribution in [0.3, 0.4) is 0 Å². The summed E-state index contributed by atoms with van der Waals surface area (Å²) in [7, 11) is 0. The van der Waals surface area contributed by atoms with Crippen LogP contribution >= 0.6 is 0 Å². The molecule has 0 bridgehead atoms. The molecule has 0 radical (unpaired) electrons. The zero-order valence-corrected chi connectivity index (χ0v) is 9.97. The molecule has 0 spiro atoms. The molecular formula is C12H15NO5. The standard InChI is InChI=1S/C12H15NO5/c1-11(17,8-3-2-6-18-8)7-13-9(14)12(4-5-12)10(15)16/h2-3,6,17H,4-5,7H2,1H3,(H,13,14)(H,15,16). The molecule has 0 aliphatic heterocycles. The molecule has 1 aromatic heterocycles. The second-order valence-electron chi connectivity index (χ2n) is 4.82. The molecule has 6 nitrogen and oxygen atoms in total. The Hall–Kier alpha value is -1.82. The average Bonchev–Trinajstić information content (AvgIpc) is 2.93. The number of nitrogens with one attached hydrogen (secondary N) is 1. The number of aliphatic carboxylic acids is 1. The Morgan fingerprint density at radius 1 is 1.56 bits per heavy atom. The number of carbonyl (C=O) groups excluding carboxylic acids is 1. The fourth-order valence-corrected chi connectivity index (χ4v) is 1.76. The van der Waals surface area contributed by atoms with Gasteiger partial charge in [0.2, 0.25) is 5.91 Å². The third kappa shape index (κ3) is 2.11. The predicted molar refractivity (Wildman–Crippen MR) is 60.6 cm³/mol. The predicted octanol–water partition coefficient (Wildman–Crippen LogP) is 0.468. The first-order chi connectivity index (χ1) is 8.38. The number of hydrogen-bond donors (Lipinski definition) is 3. The van der Waals surface area contributed by atoms with Gasteiger partial charge < -0.3 is 19.9 Å². The van der Waals surface area contributed by atoms with Gasteiger partial charge in [-0.05, 0) is 31.9 Å². The van der Waals surface area contributed by atoms with E-state index in [9.17, 15) is 14.7 Å². The fraction of sp³-hybridized carbons (Fsp3) is 0.500. The number of furan rings is 1. The van der Waals surface area contributed by atoms with E-state index in [1.807, 2.05) is 0 Å². The molecule has 2 rings (SSSR count). The monoisotopic (exact) mass is 253 g/mol. The molecule has 1 aliphatic carbocycles. The lowest BCUT2D eigenvalue weighted by Crippen LogP contribution is -2.43. The Kier molecular flexibility index (Phi) is 2.90. The Bertz CT molecular complexity index is 459. The van der Waals surface area contributed by atoms with Crippen LogP contribution in [0.1, 0.15) is 25.5 Å². The third-order valence-electron chi connectivity index (χ3n) is 3.24. The van der Waals surface area contributed by atoms with Gasteiger partial charge in [0.05, 0.1) is 12.8 Å². The molecule has 1 atom stereocenters. The molecule has 1 unspecified atom stereocenters. The van der Waals surface area contributed by atoms with Crippen molar-refractivity contribution in [1.29, 1.82) is 0 Å². The van der Waals surface area contributed by atoms with Crippen LogP contribution in [-0.2, 0) is 15.2 Å². The molecule has 1 heterocycles. The van der Waals surface area contributed by atoms with E-state index >= 15 is 0 Å². The number of carboxylic acids is 1. The van der Waals surface area contributed by atoms with Gasteiger partial charge in [-0.3, -0.25) is 9.59 Å². The van der Waals surface area contributed by atoms with Crippen LogP contribution in [0.4, 0.5) is 0 Å². The van der Waals surface area contributed by atoms with Crippen molar-refractivity contribution in [2.75, 3.05) is 6.54 Å². The second kappa shape index (κ2) is 4.13. The van der Waals surface area contributed by atoms with E-state index in [1.165, 1.54) is 13.2 Å². The fourth-order valence-electron chi connectivity index (χ4n) is 1.76. The maximum atomic E-state index is 11.8. The van der Waals surface area contributed by atoms with Crippen molar-refractivity contribution in [3.8, 4) is 0 Å². The highest BCUT2D eigenvalue weighted by Crippen LogP contribution is 2.46. The van der Waals surface area contributed by atoms with Crippen LogP contribution in [0.5, 0.6) is 0 Å². The van der Waals surface area contributed by atoms with E-state index in [1.54, 1.807) is 12.1 Å². The van der Waals surface area contributed by atoms with Crippen LogP contribution in [0.2, 0.25) is 0 Å². The van der Waals surface area contributed by atoms with Gasteiger partial charge >= 0.3 is 5.97 Å². The van der Waals surface area contributed by atoms with Gasteiger partial charge in [0.1, 0.15) is 16.8 Å². The minimum atomic E-state index is -1.35. The van der Waals surface area contributed by atoms with Gasteiger partial charge in [0.25, 0.3) is 0 Å². The summed E-state index contributed by atoms with van der Waals surface area (Å²) in [6.45, 7) is 1.40. The SMILES string of the molecule is CC(O)(CNC(=O)C1(C(=O)O)CC1)c1ccco1. The van der Waals surface area contributed by atoms with Crippen molar-refractivity contribution in [3.63, 3.8) is 0 Å². The van der Waals surface area contributed by atoms with Gasteiger partial charge in [-0.25, -0.2) is 0 Å². The Labute approximate surface area is 104 Å². The van der Waals surface area contributed by atoms with E-state index < -0.39 is 22.9 Å². The second-order valence-corrected chi connectivity index (χ2v) is 4.82. The number of carbonyl (C=O) groups is 2. The lowest BCUT2D eigenvalue weighted by atomic mass is 10.0. The molecule has 1 aliphatic rings. The Balaban J connectivity index is 1.96. The molecule has 18 heavy (non-hydrogen) atoms. The Morgan fingerprint density at radius 3 is 2.67 bits per heavy atom. The number of hydrogen-bond acceptors (Lipinski definition) is 4. The molecule has 3 N–H and O–H groups in total. The van der Waals surface area contributed by atoms with Crippen molar-refractivity contribution in [2.45, 2.75) is 25.4 Å². The molecular weight excluding hydrogens is 238 g/mol. The minimum Gasteiger partial charge on any atom is -0.480 e. The normalized spacial score (nSPS) is 19.9. The largest absolute Gasteiger partial charge is 0.480 e. The molecule has 1 saturated carbocycles. The summed E-state index contributed by atoms with van der Waals surface area (Å²) in [5, 5.41) is 21.5. The number of rotatable bonds is 5. The van der Waals surface area contributed by atoms with E-state index in [2.05, 4.69) is 5.32 Å². The topological polar surface area (TPSA) is 99.8 Å². The summed E-state index contributed by atoms with van der Waals surface area (Å²) in [5.41, 5.74) is -2.65. The smallest absolute Gasteiger partial charge is 0.319 e. The average molecular weight is 253 g/mol. The molecule has 98 valence electrons. The van der Waals surface area contributed by atoms with Gasteiger partial charge in [0, 0.05) is 0 Å². The van der Waals surface area contributed by atoms with Crippen molar-refractivity contribution >= 4 is 11.9 Å². The summed E-state index contributed by atoms with van der Waals surface area (Å²) in [5.74, 6) is -1.34. The van der Waals surface area contributed by atoms with Gasteiger partial charge in [0.15, 0.2) is 0 Å². The van der Waals surface area contributed by atoms with E-state index in [-0.39, 0.29) is 6.54 Å². The van der Waals surface area contributed by atoms with Crippen molar-refractivity contribution < 1.29 is 24.2 Å². The lowest BCUT2D eigenvalue weighted by molar-refractivity contribution is -0.149. The number of aliphatic hydroxyl groups is 1. The van der Waals surface area contributed by atoms with Crippen molar-refractivity contribution in [3.05, 3.63) is 24.2 Å². The zero-order chi connectivity index (χ0) is 13.4. The van der Waals surface area contributed by atoms with E-state index in [0.29, 0.717) is 18.6 Å². The Morgan fingerprint density at radius 2 is 2.22 bits per heavy atom. The van der Waals surface area contributed by atoms with Gasteiger partial charge in [-0.15, -0.1) is 0 Å². The highest BCUT2D eigenvalue weighted by molar-refractivity contribution is 6.04. The molecule has 6 heteroatoms. The molecule has 0 aromatic carbocycles. The van der Waals surface area contributed by atoms with Crippen molar-refractivity contribution in [1.82, 2.24) is 5.32 Å². The van der Waals surface area contributed by atoms with Crippen molar-refractivity contribution in [2.24, 2.45) is 5.41 Å². The van der Waals surface area contributed by atoms with Crippen LogP contribution in [0.15, 0.2) is 22.8 Å². The summed E-state index contributed by atoms with van der Waals surface area (Å²) in [6, 6.07) is 3.22. The molecule has 0 saturated heterocycles. The van der Waals surface area contributed by atoms with E-state index in [0.717, 1.165) is 0 Å². The van der Waals surface area contributed by atoms with Gasteiger partial charge in [-0.2, -0.15) is 0 Å². The van der Waals surface area contributed by atoms with E-state index in [4.69, 9.17) is 9.52 Å². The maximum absolute atomic E-state index is 11.8. The van der Waals surface area contributed by atoms with Crippen LogP contribution in [0, 0.1) is 5.41 Å².